The van der Waals surface area contributed by atoms with Gasteiger partial charge in [0.2, 0.25) is 0 Å². The average Bonchev–Trinajstić information content (AvgIpc) is 2.79. The third-order valence-corrected chi connectivity index (χ3v) is 7.40. The van der Waals surface area contributed by atoms with Gasteiger partial charge in [0.1, 0.15) is 11.0 Å². The molecule has 1 aromatic heterocycles. The second-order valence-electron chi connectivity index (χ2n) is 8.53. The summed E-state index contributed by atoms with van der Waals surface area (Å²) in [7, 11) is -2.27. The predicted octanol–water partition coefficient (Wildman–Crippen LogP) is 4.33. The fourth-order valence-electron chi connectivity index (χ4n) is 3.31. The van der Waals surface area contributed by atoms with E-state index in [1.807, 2.05) is 12.1 Å². The molecule has 0 spiro atoms. The van der Waals surface area contributed by atoms with E-state index in [1.54, 1.807) is 42.6 Å². The van der Waals surface area contributed by atoms with Crippen molar-refractivity contribution in [2.45, 2.75) is 36.3 Å². The quantitative estimate of drug-likeness (QED) is 0.577. The van der Waals surface area contributed by atoms with E-state index < -0.39 is 15.1 Å². The van der Waals surface area contributed by atoms with Crippen molar-refractivity contribution >= 4 is 15.7 Å². The number of nitrogens with one attached hydrogen (secondary N) is 1. The number of nitrogens with zero attached hydrogens (tertiary/aromatic N) is 1. The molecule has 0 aliphatic carbocycles. The lowest BCUT2D eigenvalue weighted by atomic mass is 9.87. The topological polar surface area (TPSA) is 85.4 Å². The Kier molecular flexibility index (Phi) is 6.99. The monoisotopic (exact) mass is 452 g/mol. The van der Waals surface area contributed by atoms with Gasteiger partial charge in [0.05, 0.1) is 12.0 Å². The van der Waals surface area contributed by atoms with Crippen LogP contribution in [-0.2, 0) is 15.3 Å². The minimum atomic E-state index is -3.79. The first-order valence-electron chi connectivity index (χ1n) is 10.3. The zero-order valence-corrected chi connectivity index (χ0v) is 19.5. The Morgan fingerprint density at radius 2 is 1.69 bits per heavy atom. The minimum Gasteiger partial charge on any atom is -0.497 e. The molecule has 2 aromatic carbocycles. The number of hydrogen-bond acceptors (Lipinski definition) is 5. The first-order chi connectivity index (χ1) is 15.1. The Hall–Kier alpha value is -3.19. The lowest BCUT2D eigenvalue weighted by Crippen LogP contribution is -2.32. The number of hydrogen-bond donors (Lipinski definition) is 1. The van der Waals surface area contributed by atoms with Crippen molar-refractivity contribution in [2.75, 3.05) is 13.7 Å². The van der Waals surface area contributed by atoms with Crippen molar-refractivity contribution in [3.63, 3.8) is 0 Å². The third kappa shape index (κ3) is 5.34. The Labute approximate surface area is 189 Å². The van der Waals surface area contributed by atoms with Crippen LogP contribution < -0.4 is 10.1 Å². The number of benzene rings is 2. The summed E-state index contributed by atoms with van der Waals surface area (Å²) in [6.45, 7) is 6.22. The molecule has 0 aliphatic heterocycles. The normalized spacial score (nSPS) is 12.8. The van der Waals surface area contributed by atoms with Gasteiger partial charge in [-0.2, -0.15) is 0 Å². The highest BCUT2D eigenvalue weighted by molar-refractivity contribution is 7.91. The van der Waals surface area contributed by atoms with Gasteiger partial charge in [0.15, 0.2) is 9.84 Å². The lowest BCUT2D eigenvalue weighted by Gasteiger charge is -2.20. The van der Waals surface area contributed by atoms with Gasteiger partial charge in [-0.25, -0.2) is 8.42 Å². The van der Waals surface area contributed by atoms with Crippen molar-refractivity contribution in [1.29, 1.82) is 0 Å². The molecule has 168 valence electrons. The second-order valence-corrected chi connectivity index (χ2v) is 10.7. The van der Waals surface area contributed by atoms with E-state index in [0.29, 0.717) is 16.9 Å². The molecule has 0 radical (unpaired) electrons. The van der Waals surface area contributed by atoms with E-state index in [4.69, 9.17) is 4.74 Å². The molecule has 1 N–H and O–H groups in total. The number of carbonyl (C=O) groups is 1. The molecule has 0 fully saturated rings. The number of rotatable bonds is 7. The van der Waals surface area contributed by atoms with Gasteiger partial charge in [-0.05, 0) is 59.0 Å². The maximum absolute atomic E-state index is 13.4. The van der Waals surface area contributed by atoms with Gasteiger partial charge in [-0.1, -0.05) is 39.0 Å². The molecule has 0 aliphatic rings. The van der Waals surface area contributed by atoms with Crippen molar-refractivity contribution in [3.8, 4) is 5.75 Å². The van der Waals surface area contributed by atoms with Crippen molar-refractivity contribution in [2.24, 2.45) is 0 Å². The van der Waals surface area contributed by atoms with Gasteiger partial charge in [-0.15, -0.1) is 0 Å². The number of ether oxygens (including phenoxy) is 1. The summed E-state index contributed by atoms with van der Waals surface area (Å²) in [4.78, 5) is 17.0. The molecule has 1 heterocycles. The van der Waals surface area contributed by atoms with Crippen LogP contribution in [0.5, 0.6) is 5.75 Å². The molecular formula is C25H28N2O4S. The smallest absolute Gasteiger partial charge is 0.251 e. The number of sulfone groups is 1. The van der Waals surface area contributed by atoms with Gasteiger partial charge < -0.3 is 10.1 Å². The fourth-order valence-corrected chi connectivity index (χ4v) is 4.96. The molecule has 0 bridgehead atoms. The summed E-state index contributed by atoms with van der Waals surface area (Å²) < 4.78 is 32.0. The van der Waals surface area contributed by atoms with Crippen molar-refractivity contribution in [3.05, 3.63) is 89.7 Å². The van der Waals surface area contributed by atoms with Crippen LogP contribution >= 0.6 is 0 Å². The molecule has 7 heteroatoms. The van der Waals surface area contributed by atoms with Crippen LogP contribution in [0.4, 0.5) is 0 Å². The predicted molar refractivity (Wildman–Crippen MR) is 125 cm³/mol. The Balaban J connectivity index is 1.84. The average molecular weight is 453 g/mol. The highest BCUT2D eigenvalue weighted by Gasteiger charge is 2.30. The second kappa shape index (κ2) is 9.53. The van der Waals surface area contributed by atoms with E-state index in [0.717, 1.165) is 5.56 Å². The van der Waals surface area contributed by atoms with Crippen molar-refractivity contribution < 1.29 is 17.9 Å². The molecule has 6 nitrogen and oxygen atoms in total. The van der Waals surface area contributed by atoms with E-state index in [2.05, 4.69) is 31.1 Å². The summed E-state index contributed by atoms with van der Waals surface area (Å²) in [5, 5.41) is 1.80. The number of carbonyl (C=O) groups excluding carboxylic acids is 1. The third-order valence-electron chi connectivity index (χ3n) is 5.28. The summed E-state index contributed by atoms with van der Waals surface area (Å²) in [5.74, 6) is 0.234. The van der Waals surface area contributed by atoms with E-state index in [1.165, 1.54) is 25.4 Å². The fraction of sp³-hybridized carbons (Fsp3) is 0.280. The summed E-state index contributed by atoms with van der Waals surface area (Å²) >= 11 is 0. The van der Waals surface area contributed by atoms with Gasteiger partial charge in [0.25, 0.3) is 5.91 Å². The standard InChI is InChI=1S/C25H28N2O4S/c1-25(2,3)20-9-7-18(8-10-20)24(28)27-17-23(19-6-5-15-26-16-19)32(29,30)22-13-11-21(31-4)12-14-22/h5-16,23H,17H2,1-4H3,(H,27,28). The summed E-state index contributed by atoms with van der Waals surface area (Å²) in [6, 6.07) is 16.9. The van der Waals surface area contributed by atoms with Crippen LogP contribution in [0.1, 0.15) is 47.5 Å². The highest BCUT2D eigenvalue weighted by atomic mass is 32.2. The first-order valence-corrected chi connectivity index (χ1v) is 11.8. The molecular weight excluding hydrogens is 424 g/mol. The van der Waals surface area contributed by atoms with Crippen LogP contribution in [0.25, 0.3) is 0 Å². The Bertz CT molecular complexity index is 1150. The number of methoxy groups -OCH3 is 1. The SMILES string of the molecule is COc1ccc(S(=O)(=O)C(CNC(=O)c2ccc(C(C)(C)C)cc2)c2cccnc2)cc1. The molecule has 3 aromatic rings. The van der Waals surface area contributed by atoms with Crippen LogP contribution in [0, 0.1) is 0 Å². The van der Waals surface area contributed by atoms with Gasteiger partial charge in [0, 0.05) is 24.5 Å². The highest BCUT2D eigenvalue weighted by Crippen LogP contribution is 2.29. The summed E-state index contributed by atoms with van der Waals surface area (Å²) in [6.07, 6.45) is 3.09. The number of pyridine rings is 1. The van der Waals surface area contributed by atoms with E-state index in [-0.39, 0.29) is 22.8 Å². The Morgan fingerprint density at radius 1 is 1.03 bits per heavy atom. The molecule has 3 rings (SSSR count). The zero-order valence-electron chi connectivity index (χ0n) is 18.7. The maximum atomic E-state index is 13.4. The maximum Gasteiger partial charge on any atom is 0.251 e. The van der Waals surface area contributed by atoms with Crippen LogP contribution in [0.3, 0.4) is 0 Å². The van der Waals surface area contributed by atoms with Gasteiger partial charge in [-0.3, -0.25) is 9.78 Å². The molecule has 32 heavy (non-hydrogen) atoms. The molecule has 1 amide bonds. The molecule has 1 unspecified atom stereocenters. The van der Waals surface area contributed by atoms with E-state index in [9.17, 15) is 13.2 Å². The molecule has 1 atom stereocenters. The van der Waals surface area contributed by atoms with E-state index >= 15 is 0 Å². The van der Waals surface area contributed by atoms with Crippen LogP contribution in [-0.4, -0.2) is 33.0 Å². The molecule has 0 saturated heterocycles. The Morgan fingerprint density at radius 3 is 2.22 bits per heavy atom. The van der Waals surface area contributed by atoms with Gasteiger partial charge >= 0.3 is 0 Å². The minimum absolute atomic E-state index is 0.0210. The van der Waals surface area contributed by atoms with Crippen LogP contribution in [0.2, 0.25) is 0 Å². The largest absolute Gasteiger partial charge is 0.497 e. The number of amides is 1. The summed E-state index contributed by atoms with van der Waals surface area (Å²) in [5.41, 5.74) is 2.08. The number of aromatic nitrogens is 1. The van der Waals surface area contributed by atoms with Crippen molar-refractivity contribution in [1.82, 2.24) is 10.3 Å². The van der Waals surface area contributed by atoms with Crippen LogP contribution in [0.15, 0.2) is 78.0 Å². The lowest BCUT2D eigenvalue weighted by molar-refractivity contribution is 0.0953. The first kappa shape index (κ1) is 23.5. The molecule has 0 saturated carbocycles. The zero-order chi connectivity index (χ0) is 23.4.